The normalized spacial score (nSPS) is 16.9. The number of amides is 1. The molecule has 0 saturated carbocycles. The van der Waals surface area contributed by atoms with Crippen LogP contribution in [0.3, 0.4) is 0 Å². The number of pyridine rings is 1. The third-order valence-electron chi connectivity index (χ3n) is 7.31. The van der Waals surface area contributed by atoms with Crippen LogP contribution in [0.25, 0.3) is 5.69 Å². The summed E-state index contributed by atoms with van der Waals surface area (Å²) in [5, 5.41) is 8.33. The molecule has 0 spiro atoms. The van der Waals surface area contributed by atoms with Gasteiger partial charge in [-0.2, -0.15) is 0 Å². The first kappa shape index (κ1) is 28.1. The number of rotatable bonds is 6. The van der Waals surface area contributed by atoms with Gasteiger partial charge in [-0.15, -0.1) is 0 Å². The van der Waals surface area contributed by atoms with Gasteiger partial charge in [-0.3, -0.25) is 9.78 Å². The number of aromatic nitrogens is 2. The quantitative estimate of drug-likeness (QED) is 0.223. The summed E-state index contributed by atoms with van der Waals surface area (Å²) in [6.45, 7) is 9.91. The Morgan fingerprint density at radius 1 is 1.05 bits per heavy atom. The molecule has 0 aliphatic carbocycles. The molecule has 2 N–H and O–H groups in total. The van der Waals surface area contributed by atoms with Gasteiger partial charge in [0.15, 0.2) is 5.11 Å². The van der Waals surface area contributed by atoms with Crippen LogP contribution >= 0.6 is 35.4 Å². The highest BCUT2D eigenvalue weighted by atomic mass is 35.5. The van der Waals surface area contributed by atoms with E-state index in [1.807, 2.05) is 63.2 Å². The van der Waals surface area contributed by atoms with Crippen molar-refractivity contribution in [2.75, 3.05) is 10.2 Å². The average Bonchev–Trinajstić information content (AvgIpc) is 3.41. The highest BCUT2D eigenvalue weighted by molar-refractivity contribution is 7.80. The Labute approximate surface area is 250 Å². The van der Waals surface area contributed by atoms with E-state index in [1.165, 1.54) is 0 Å². The molecule has 1 amide bonds. The number of carbonyl (C=O) groups is 1. The van der Waals surface area contributed by atoms with Crippen molar-refractivity contribution in [2.24, 2.45) is 5.92 Å². The van der Waals surface area contributed by atoms with E-state index in [9.17, 15) is 4.79 Å². The zero-order chi connectivity index (χ0) is 28.7. The number of halogens is 2. The maximum absolute atomic E-state index is 12.3. The van der Waals surface area contributed by atoms with Gasteiger partial charge in [-0.05, 0) is 98.7 Å². The van der Waals surface area contributed by atoms with Crippen molar-refractivity contribution >= 4 is 57.8 Å². The van der Waals surface area contributed by atoms with Crippen LogP contribution in [-0.2, 0) is 4.79 Å². The molecule has 5 rings (SSSR count). The van der Waals surface area contributed by atoms with Crippen LogP contribution in [0.15, 0.2) is 66.9 Å². The van der Waals surface area contributed by atoms with E-state index in [1.54, 1.807) is 12.3 Å². The van der Waals surface area contributed by atoms with Crippen molar-refractivity contribution in [3.05, 3.63) is 105 Å². The summed E-state index contributed by atoms with van der Waals surface area (Å²) >= 11 is 18.8. The summed E-state index contributed by atoms with van der Waals surface area (Å²) < 4.78 is 2.15. The number of nitrogens with zero attached hydrogens (tertiary/aromatic N) is 3. The van der Waals surface area contributed by atoms with Gasteiger partial charge in [0.25, 0.3) is 0 Å². The molecule has 1 aliphatic rings. The van der Waals surface area contributed by atoms with Crippen LogP contribution in [0.4, 0.5) is 11.4 Å². The summed E-state index contributed by atoms with van der Waals surface area (Å²) in [6, 6.07) is 19.3. The molecule has 1 aliphatic heterocycles. The van der Waals surface area contributed by atoms with E-state index in [2.05, 4.69) is 51.1 Å². The predicted molar refractivity (Wildman–Crippen MR) is 168 cm³/mol. The van der Waals surface area contributed by atoms with Crippen LogP contribution < -0.4 is 15.5 Å². The van der Waals surface area contributed by atoms with Gasteiger partial charge in [0.05, 0.1) is 28.5 Å². The highest BCUT2D eigenvalue weighted by Gasteiger charge is 2.42. The van der Waals surface area contributed by atoms with Gasteiger partial charge in [0.1, 0.15) is 0 Å². The molecule has 0 bridgehead atoms. The standard InChI is InChI=1S/C31H31Cl2N5OS/c1-17(2)30(39)35-25-11-10-22(14-18(25)3)38-29(28(36-31(38)40)26-8-6-7-13-34-26)23-15-19(4)37(20(23)5)27-12-9-21(32)16-24(27)33/h6-17,28-29H,1-5H3,(H,35,39)(H,36,40). The van der Waals surface area contributed by atoms with E-state index in [0.29, 0.717) is 15.2 Å². The molecule has 2 aromatic carbocycles. The van der Waals surface area contributed by atoms with Crippen LogP contribution in [0.2, 0.25) is 10.0 Å². The molecule has 0 radical (unpaired) electrons. The summed E-state index contributed by atoms with van der Waals surface area (Å²) in [5.74, 6) is -0.127. The first-order valence-electron chi connectivity index (χ1n) is 13.1. The van der Waals surface area contributed by atoms with Gasteiger partial charge in [-0.1, -0.05) is 43.1 Å². The second-order valence-electron chi connectivity index (χ2n) is 10.4. The van der Waals surface area contributed by atoms with E-state index in [4.69, 9.17) is 35.4 Å². The third-order valence-corrected chi connectivity index (χ3v) is 8.16. The van der Waals surface area contributed by atoms with Gasteiger partial charge in [0, 0.05) is 39.9 Å². The van der Waals surface area contributed by atoms with E-state index >= 15 is 0 Å². The van der Waals surface area contributed by atoms with Crippen molar-refractivity contribution in [1.82, 2.24) is 14.9 Å². The molecule has 1 fully saturated rings. The van der Waals surface area contributed by atoms with Crippen molar-refractivity contribution in [1.29, 1.82) is 0 Å². The molecule has 2 aromatic heterocycles. The smallest absolute Gasteiger partial charge is 0.226 e. The minimum atomic E-state index is -0.191. The molecule has 6 nitrogen and oxygen atoms in total. The Balaban J connectivity index is 1.63. The number of hydrogen-bond acceptors (Lipinski definition) is 3. The monoisotopic (exact) mass is 591 g/mol. The third kappa shape index (κ3) is 5.21. The van der Waals surface area contributed by atoms with Crippen LogP contribution in [0.5, 0.6) is 0 Å². The summed E-state index contributed by atoms with van der Waals surface area (Å²) in [7, 11) is 0. The lowest BCUT2D eigenvalue weighted by molar-refractivity contribution is -0.118. The molecule has 9 heteroatoms. The minimum absolute atomic E-state index is 0.0180. The largest absolute Gasteiger partial charge is 0.351 e. The van der Waals surface area contributed by atoms with Gasteiger partial charge >= 0.3 is 0 Å². The Hall–Kier alpha value is -3.39. The number of nitrogens with one attached hydrogen (secondary N) is 2. The molecular formula is C31H31Cl2N5OS. The first-order chi connectivity index (χ1) is 19.1. The fraction of sp³-hybridized carbons (Fsp3) is 0.258. The Morgan fingerprint density at radius 2 is 1.82 bits per heavy atom. The molecule has 3 heterocycles. The van der Waals surface area contributed by atoms with Crippen molar-refractivity contribution in [3.63, 3.8) is 0 Å². The lowest BCUT2D eigenvalue weighted by Gasteiger charge is -2.29. The van der Waals surface area contributed by atoms with Crippen molar-refractivity contribution in [3.8, 4) is 5.69 Å². The van der Waals surface area contributed by atoms with Crippen molar-refractivity contribution < 1.29 is 4.79 Å². The topological polar surface area (TPSA) is 62.2 Å². The maximum Gasteiger partial charge on any atom is 0.226 e. The summed E-state index contributed by atoms with van der Waals surface area (Å²) in [4.78, 5) is 19.2. The van der Waals surface area contributed by atoms with Gasteiger partial charge in [-0.25, -0.2) is 0 Å². The van der Waals surface area contributed by atoms with E-state index < -0.39 is 0 Å². The van der Waals surface area contributed by atoms with Crippen molar-refractivity contribution in [2.45, 2.75) is 46.7 Å². The molecule has 2 atom stereocenters. The number of aryl methyl sites for hydroxylation is 2. The second-order valence-corrected chi connectivity index (χ2v) is 11.6. The lowest BCUT2D eigenvalue weighted by Crippen LogP contribution is -2.29. The zero-order valence-electron chi connectivity index (χ0n) is 23.0. The fourth-order valence-corrected chi connectivity index (χ4v) is 6.12. The number of benzene rings is 2. The molecule has 1 saturated heterocycles. The molecular weight excluding hydrogens is 561 g/mol. The Kier molecular flexibility index (Phi) is 7.91. The van der Waals surface area contributed by atoms with Crippen LogP contribution in [-0.4, -0.2) is 20.6 Å². The Morgan fingerprint density at radius 3 is 2.48 bits per heavy atom. The SMILES string of the molecule is Cc1cc(N2C(=S)NC(c3ccccn3)C2c2cc(C)n(-c3ccc(Cl)cc3Cl)c2C)ccc1NC(=O)C(C)C. The average molecular weight is 593 g/mol. The second kappa shape index (κ2) is 11.2. The number of thiocarbonyl (C=S) groups is 1. The number of hydrogen-bond donors (Lipinski definition) is 2. The van der Waals surface area contributed by atoms with E-state index in [-0.39, 0.29) is 23.9 Å². The number of anilines is 2. The first-order valence-corrected chi connectivity index (χ1v) is 14.3. The Bertz CT molecular complexity index is 1600. The van der Waals surface area contributed by atoms with Crippen LogP contribution in [0.1, 0.15) is 54.1 Å². The maximum atomic E-state index is 12.3. The molecule has 4 aromatic rings. The lowest BCUT2D eigenvalue weighted by atomic mass is 9.96. The highest BCUT2D eigenvalue weighted by Crippen LogP contribution is 2.44. The summed E-state index contributed by atoms with van der Waals surface area (Å²) in [5.41, 5.74) is 7.60. The number of carbonyl (C=O) groups excluding carboxylic acids is 1. The minimum Gasteiger partial charge on any atom is -0.351 e. The van der Waals surface area contributed by atoms with Gasteiger partial charge < -0.3 is 20.1 Å². The van der Waals surface area contributed by atoms with Gasteiger partial charge in [0.2, 0.25) is 5.91 Å². The molecule has 40 heavy (non-hydrogen) atoms. The predicted octanol–water partition coefficient (Wildman–Crippen LogP) is 7.88. The summed E-state index contributed by atoms with van der Waals surface area (Å²) in [6.07, 6.45) is 1.80. The molecule has 2 unspecified atom stereocenters. The van der Waals surface area contributed by atoms with E-state index in [0.717, 1.165) is 45.3 Å². The van der Waals surface area contributed by atoms with Crippen LogP contribution in [0, 0.1) is 26.7 Å². The fourth-order valence-electron chi connectivity index (χ4n) is 5.28. The molecule has 206 valence electrons. The zero-order valence-corrected chi connectivity index (χ0v) is 25.3.